The summed E-state index contributed by atoms with van der Waals surface area (Å²) in [5.41, 5.74) is 3.85. The first kappa shape index (κ1) is 36.8. The lowest BCUT2D eigenvalue weighted by molar-refractivity contribution is -0.274. The fourth-order valence-electron chi connectivity index (χ4n) is 6.11. The largest absolute Gasteiger partial charge is 0.573 e. The van der Waals surface area contributed by atoms with Crippen molar-refractivity contribution >= 4 is 29.4 Å². The molecule has 2 amide bonds. The van der Waals surface area contributed by atoms with Crippen LogP contribution in [-0.2, 0) is 13.0 Å². The smallest absolute Gasteiger partial charge is 0.406 e. The highest BCUT2D eigenvalue weighted by Crippen LogP contribution is 2.34. The van der Waals surface area contributed by atoms with E-state index in [4.69, 9.17) is 0 Å². The van der Waals surface area contributed by atoms with Gasteiger partial charge in [0, 0.05) is 49.8 Å². The zero-order valence-corrected chi connectivity index (χ0v) is 28.7. The van der Waals surface area contributed by atoms with Crippen molar-refractivity contribution in [3.63, 3.8) is 0 Å². The monoisotopic (exact) mass is 706 g/mol. The quantitative estimate of drug-likeness (QED) is 0.125. The van der Waals surface area contributed by atoms with Crippen LogP contribution in [0.5, 0.6) is 5.75 Å². The summed E-state index contributed by atoms with van der Waals surface area (Å²) in [6, 6.07) is 29.3. The molecule has 3 N–H and O–H groups in total. The molecule has 8 nitrogen and oxygen atoms in total. The van der Waals surface area contributed by atoms with E-state index < -0.39 is 24.4 Å². The van der Waals surface area contributed by atoms with Crippen LogP contribution in [0.2, 0.25) is 0 Å². The molecule has 0 bridgehead atoms. The topological polar surface area (TPSA) is 94.1 Å². The molecule has 4 aromatic carbocycles. The molecule has 0 aromatic heterocycles. The SMILES string of the molecule is CSN(C)c1cc(C(=O)NC(Cc2ccccc2)C(O)CNCc2cccc(OC(F)(F)F)c2)cc(C(=O)N2CCCC2c2ccccc2)c1. The number of aliphatic hydroxyl groups excluding tert-OH is 1. The molecule has 1 aliphatic rings. The van der Waals surface area contributed by atoms with E-state index in [9.17, 15) is 27.9 Å². The number of nitrogens with zero attached hydrogens (tertiary/aromatic N) is 2. The lowest BCUT2D eigenvalue weighted by Gasteiger charge is -2.27. The number of carbonyl (C=O) groups is 2. The number of aliphatic hydroxyl groups is 1. The number of hydrogen-bond acceptors (Lipinski definition) is 7. The van der Waals surface area contributed by atoms with Crippen molar-refractivity contribution in [2.24, 2.45) is 0 Å². The number of amides is 2. The van der Waals surface area contributed by atoms with Crippen LogP contribution in [0.15, 0.2) is 103 Å². The van der Waals surface area contributed by atoms with Crippen molar-refractivity contribution in [1.82, 2.24) is 15.5 Å². The predicted molar refractivity (Wildman–Crippen MR) is 190 cm³/mol. The second-order valence-corrected chi connectivity index (χ2v) is 13.1. The molecule has 1 aliphatic heterocycles. The minimum atomic E-state index is -4.80. The number of ether oxygens (including phenoxy) is 1. The molecule has 1 heterocycles. The average Bonchev–Trinajstić information content (AvgIpc) is 3.61. The van der Waals surface area contributed by atoms with Gasteiger partial charge in [-0.25, -0.2) is 0 Å². The van der Waals surface area contributed by atoms with Crippen LogP contribution in [0.25, 0.3) is 0 Å². The van der Waals surface area contributed by atoms with E-state index in [0.717, 1.165) is 24.0 Å². The number of nitrogens with one attached hydrogen (secondary N) is 2. The number of halogens is 3. The van der Waals surface area contributed by atoms with Crippen LogP contribution >= 0.6 is 11.9 Å². The molecule has 3 unspecified atom stereocenters. The number of likely N-dealkylation sites (tertiary alicyclic amines) is 1. The average molecular weight is 707 g/mol. The number of alkyl halides is 3. The molecule has 0 spiro atoms. The van der Waals surface area contributed by atoms with E-state index in [2.05, 4.69) is 15.4 Å². The highest BCUT2D eigenvalue weighted by molar-refractivity contribution is 7.99. The molecule has 3 atom stereocenters. The summed E-state index contributed by atoms with van der Waals surface area (Å²) in [6.45, 7) is 0.810. The lowest BCUT2D eigenvalue weighted by Crippen LogP contribution is -2.48. The van der Waals surface area contributed by atoms with Gasteiger partial charge in [-0.3, -0.25) is 9.59 Å². The Kier molecular flexibility index (Phi) is 12.4. The Morgan fingerprint density at radius 2 is 1.64 bits per heavy atom. The first-order chi connectivity index (χ1) is 24.0. The van der Waals surface area contributed by atoms with Crippen LogP contribution in [0, 0.1) is 0 Å². The summed E-state index contributed by atoms with van der Waals surface area (Å²) in [4.78, 5) is 29.8. The van der Waals surface area contributed by atoms with Crippen molar-refractivity contribution in [1.29, 1.82) is 0 Å². The number of rotatable bonds is 14. The molecule has 4 aromatic rings. The first-order valence-corrected chi connectivity index (χ1v) is 17.6. The summed E-state index contributed by atoms with van der Waals surface area (Å²) < 4.78 is 44.0. The highest BCUT2D eigenvalue weighted by atomic mass is 32.2. The Morgan fingerprint density at radius 3 is 2.34 bits per heavy atom. The molecule has 264 valence electrons. The van der Waals surface area contributed by atoms with Crippen molar-refractivity contribution in [2.75, 3.05) is 30.7 Å². The molecule has 5 rings (SSSR count). The molecule has 12 heteroatoms. The van der Waals surface area contributed by atoms with Crippen molar-refractivity contribution in [3.05, 3.63) is 131 Å². The molecular weight excluding hydrogens is 666 g/mol. The summed E-state index contributed by atoms with van der Waals surface area (Å²) in [5, 5.41) is 17.4. The Bertz CT molecular complexity index is 1730. The Labute approximate surface area is 294 Å². The van der Waals surface area contributed by atoms with E-state index in [0.29, 0.717) is 29.8 Å². The van der Waals surface area contributed by atoms with Gasteiger partial charge in [0.2, 0.25) is 0 Å². The fraction of sp³-hybridized carbons (Fsp3) is 0.316. The van der Waals surface area contributed by atoms with Gasteiger partial charge in [0.25, 0.3) is 11.8 Å². The van der Waals surface area contributed by atoms with E-state index in [1.54, 1.807) is 24.3 Å². The van der Waals surface area contributed by atoms with Gasteiger partial charge in [-0.1, -0.05) is 84.7 Å². The molecule has 0 aliphatic carbocycles. The first-order valence-electron chi connectivity index (χ1n) is 16.4. The van der Waals surface area contributed by atoms with Crippen LogP contribution in [0.1, 0.15) is 56.3 Å². The minimum Gasteiger partial charge on any atom is -0.406 e. The molecular formula is C38H41F3N4O4S. The van der Waals surface area contributed by atoms with Gasteiger partial charge in [-0.2, -0.15) is 0 Å². The van der Waals surface area contributed by atoms with E-state index in [1.165, 1.54) is 30.1 Å². The third kappa shape index (κ3) is 10.0. The molecule has 0 radical (unpaired) electrons. The van der Waals surface area contributed by atoms with Crippen molar-refractivity contribution < 1.29 is 32.6 Å². The molecule has 1 saturated heterocycles. The van der Waals surface area contributed by atoms with Crippen LogP contribution in [0.4, 0.5) is 18.9 Å². The highest BCUT2D eigenvalue weighted by Gasteiger charge is 2.32. The third-order valence-electron chi connectivity index (χ3n) is 8.66. The van der Waals surface area contributed by atoms with Crippen LogP contribution < -0.4 is 19.7 Å². The van der Waals surface area contributed by atoms with E-state index in [-0.39, 0.29) is 36.4 Å². The van der Waals surface area contributed by atoms with Gasteiger partial charge in [-0.15, -0.1) is 13.2 Å². The van der Waals surface area contributed by atoms with Crippen LogP contribution in [0.3, 0.4) is 0 Å². The number of hydrogen-bond donors (Lipinski definition) is 3. The van der Waals surface area contributed by atoms with E-state index >= 15 is 0 Å². The minimum absolute atomic E-state index is 0.0386. The fourth-order valence-corrected chi connectivity index (χ4v) is 6.43. The number of carbonyl (C=O) groups excluding carboxylic acids is 2. The standard InChI is InChI=1S/C38H41F3N4O4S/c1-44(50-2)31-22-29(21-30(23-31)37(48)45-18-10-17-34(45)28-14-7-4-8-15-28)36(47)43-33(20-26-11-5-3-6-12-26)35(46)25-42-24-27-13-9-16-32(19-27)49-38(39,40)41/h3-9,11-16,19,21-23,33-35,42,46H,10,17-18,20,24-25H2,1-2H3,(H,43,47). The van der Waals surface area contributed by atoms with Gasteiger partial charge < -0.3 is 29.7 Å². The normalized spacial score (nSPS) is 15.7. The van der Waals surface area contributed by atoms with Crippen LogP contribution in [-0.4, -0.2) is 66.7 Å². The molecule has 50 heavy (non-hydrogen) atoms. The summed E-state index contributed by atoms with van der Waals surface area (Å²) >= 11 is 1.44. The predicted octanol–water partition coefficient (Wildman–Crippen LogP) is 6.77. The molecule has 0 saturated carbocycles. The second-order valence-electron chi connectivity index (χ2n) is 12.2. The second kappa shape index (κ2) is 16.9. The van der Waals surface area contributed by atoms with Gasteiger partial charge in [0.15, 0.2) is 0 Å². The molecule has 1 fully saturated rings. The third-order valence-corrected chi connectivity index (χ3v) is 9.41. The lowest BCUT2D eigenvalue weighted by atomic mass is 9.99. The number of benzene rings is 4. The summed E-state index contributed by atoms with van der Waals surface area (Å²) in [6.07, 6.45) is -1.92. The zero-order chi connectivity index (χ0) is 35.7. The Morgan fingerprint density at radius 1 is 0.960 bits per heavy atom. The number of anilines is 1. The maximum absolute atomic E-state index is 14.0. The van der Waals surface area contributed by atoms with Crippen molar-refractivity contribution in [2.45, 2.75) is 50.4 Å². The van der Waals surface area contributed by atoms with Gasteiger partial charge in [-0.05, 0) is 66.3 Å². The van der Waals surface area contributed by atoms with Gasteiger partial charge in [0.05, 0.1) is 18.2 Å². The van der Waals surface area contributed by atoms with E-state index in [1.807, 2.05) is 83.2 Å². The summed E-state index contributed by atoms with van der Waals surface area (Å²) in [5.74, 6) is -0.941. The Balaban J connectivity index is 1.34. The van der Waals surface area contributed by atoms with Gasteiger partial charge in [0.1, 0.15) is 5.75 Å². The maximum Gasteiger partial charge on any atom is 0.573 e. The summed E-state index contributed by atoms with van der Waals surface area (Å²) in [7, 11) is 1.86. The van der Waals surface area contributed by atoms with Crippen molar-refractivity contribution in [3.8, 4) is 5.75 Å². The maximum atomic E-state index is 14.0. The zero-order valence-electron chi connectivity index (χ0n) is 27.9. The van der Waals surface area contributed by atoms with Gasteiger partial charge >= 0.3 is 6.36 Å². The Hall–Kier alpha value is -4.52.